The van der Waals surface area contributed by atoms with E-state index in [1.165, 1.54) is 0 Å². The third kappa shape index (κ3) is 1.54. The van der Waals surface area contributed by atoms with Gasteiger partial charge in [-0.2, -0.15) is 0 Å². The van der Waals surface area contributed by atoms with E-state index < -0.39 is 0 Å². The molecule has 2 rings (SSSR count). The summed E-state index contributed by atoms with van der Waals surface area (Å²) in [5, 5.41) is 3.73. The minimum Gasteiger partial charge on any atom is -0.353 e. The van der Waals surface area contributed by atoms with Gasteiger partial charge in [0.1, 0.15) is 0 Å². The first-order chi connectivity index (χ1) is 6.40. The Hall–Kier alpha value is -1.75. The van der Waals surface area contributed by atoms with Crippen LogP contribution < -0.4 is 5.73 Å². The fourth-order valence-electron chi connectivity index (χ4n) is 0.940. The SMILES string of the molecule is NCc1cc(-c2ncccn2)on1. The molecule has 2 heterocycles. The molecule has 0 aliphatic heterocycles. The van der Waals surface area contributed by atoms with Crippen molar-refractivity contribution in [1.82, 2.24) is 15.1 Å². The van der Waals surface area contributed by atoms with Crippen LogP contribution in [0.2, 0.25) is 0 Å². The number of nitrogens with two attached hydrogens (primary N) is 1. The standard InChI is InChI=1S/C8H8N4O/c9-5-6-4-7(13-12-6)8-10-2-1-3-11-8/h1-4H,5,9H2. The molecule has 0 aromatic carbocycles. The van der Waals surface area contributed by atoms with Crippen LogP contribution in [0.15, 0.2) is 29.0 Å². The molecule has 0 aliphatic rings. The minimum absolute atomic E-state index is 0.357. The predicted molar refractivity (Wildman–Crippen MR) is 45.4 cm³/mol. The Kier molecular flexibility index (Phi) is 2.01. The van der Waals surface area contributed by atoms with Crippen LogP contribution >= 0.6 is 0 Å². The van der Waals surface area contributed by atoms with Crippen LogP contribution in [0.25, 0.3) is 11.6 Å². The second-order valence-corrected chi connectivity index (χ2v) is 2.46. The molecule has 0 saturated carbocycles. The molecule has 0 bridgehead atoms. The second-order valence-electron chi connectivity index (χ2n) is 2.46. The maximum absolute atomic E-state index is 5.38. The largest absolute Gasteiger partial charge is 0.353 e. The second kappa shape index (κ2) is 3.32. The molecule has 0 radical (unpaired) electrons. The smallest absolute Gasteiger partial charge is 0.204 e. The quantitative estimate of drug-likeness (QED) is 0.724. The van der Waals surface area contributed by atoms with E-state index in [0.29, 0.717) is 23.8 Å². The molecule has 0 unspecified atom stereocenters. The lowest BCUT2D eigenvalue weighted by Gasteiger charge is -1.89. The van der Waals surface area contributed by atoms with E-state index in [1.54, 1.807) is 24.5 Å². The normalized spacial score (nSPS) is 10.2. The molecule has 2 aromatic heterocycles. The number of nitrogens with zero attached hydrogens (tertiary/aromatic N) is 3. The summed E-state index contributed by atoms with van der Waals surface area (Å²) in [7, 11) is 0. The number of hydrogen-bond acceptors (Lipinski definition) is 5. The minimum atomic E-state index is 0.357. The molecule has 0 amide bonds. The van der Waals surface area contributed by atoms with Crippen molar-refractivity contribution in [3.63, 3.8) is 0 Å². The van der Waals surface area contributed by atoms with Gasteiger partial charge in [0.05, 0.1) is 5.69 Å². The third-order valence-electron chi connectivity index (χ3n) is 1.55. The molecule has 0 aliphatic carbocycles. The van der Waals surface area contributed by atoms with Crippen LogP contribution in [0.4, 0.5) is 0 Å². The average molecular weight is 176 g/mol. The first-order valence-corrected chi connectivity index (χ1v) is 3.83. The lowest BCUT2D eigenvalue weighted by molar-refractivity contribution is 0.421. The lowest BCUT2D eigenvalue weighted by Crippen LogP contribution is -1.94. The van der Waals surface area contributed by atoms with Crippen molar-refractivity contribution < 1.29 is 4.52 Å². The van der Waals surface area contributed by atoms with Gasteiger partial charge in [0.25, 0.3) is 0 Å². The van der Waals surface area contributed by atoms with E-state index in [0.717, 1.165) is 0 Å². The average Bonchev–Trinajstić information content (AvgIpc) is 2.67. The summed E-state index contributed by atoms with van der Waals surface area (Å²) in [6.07, 6.45) is 3.29. The van der Waals surface area contributed by atoms with Gasteiger partial charge in [0.15, 0.2) is 5.82 Å². The first kappa shape index (κ1) is 7.88. The van der Waals surface area contributed by atoms with Crippen LogP contribution in [0.5, 0.6) is 0 Å². The fourth-order valence-corrected chi connectivity index (χ4v) is 0.940. The summed E-state index contributed by atoms with van der Waals surface area (Å²) < 4.78 is 4.99. The summed E-state index contributed by atoms with van der Waals surface area (Å²) in [5.41, 5.74) is 6.07. The molecule has 5 heteroatoms. The third-order valence-corrected chi connectivity index (χ3v) is 1.55. The lowest BCUT2D eigenvalue weighted by atomic mass is 10.3. The zero-order valence-electron chi connectivity index (χ0n) is 6.84. The van der Waals surface area contributed by atoms with Crippen molar-refractivity contribution in [2.75, 3.05) is 0 Å². The monoisotopic (exact) mass is 176 g/mol. The van der Waals surface area contributed by atoms with Crippen molar-refractivity contribution in [1.29, 1.82) is 0 Å². The van der Waals surface area contributed by atoms with Crippen LogP contribution in [0.1, 0.15) is 5.69 Å². The van der Waals surface area contributed by atoms with Crippen molar-refractivity contribution in [3.05, 3.63) is 30.2 Å². The van der Waals surface area contributed by atoms with E-state index in [1.807, 2.05) is 0 Å². The highest BCUT2D eigenvalue weighted by molar-refractivity contribution is 5.45. The Labute approximate surface area is 74.6 Å². The summed E-state index contributed by atoms with van der Waals surface area (Å²) in [4.78, 5) is 8.02. The van der Waals surface area contributed by atoms with Gasteiger partial charge >= 0.3 is 0 Å². The number of rotatable bonds is 2. The van der Waals surface area contributed by atoms with Gasteiger partial charge in [-0.15, -0.1) is 0 Å². The molecule has 0 saturated heterocycles. The van der Waals surface area contributed by atoms with Gasteiger partial charge in [-0.1, -0.05) is 5.16 Å². The first-order valence-electron chi connectivity index (χ1n) is 3.83. The van der Waals surface area contributed by atoms with Crippen molar-refractivity contribution in [2.45, 2.75) is 6.54 Å². The molecule has 0 atom stereocenters. The zero-order chi connectivity index (χ0) is 9.10. The highest BCUT2D eigenvalue weighted by Gasteiger charge is 2.06. The molecule has 2 aromatic rings. The topological polar surface area (TPSA) is 77.8 Å². The Morgan fingerprint density at radius 3 is 2.69 bits per heavy atom. The van der Waals surface area contributed by atoms with Crippen LogP contribution in [-0.2, 0) is 6.54 Å². The predicted octanol–water partition coefficient (Wildman–Crippen LogP) is 0.590. The van der Waals surface area contributed by atoms with Crippen LogP contribution in [-0.4, -0.2) is 15.1 Å². The summed E-state index contributed by atoms with van der Waals surface area (Å²) in [6, 6.07) is 3.47. The number of hydrogen-bond donors (Lipinski definition) is 1. The van der Waals surface area contributed by atoms with E-state index in [4.69, 9.17) is 10.3 Å². The molecule has 66 valence electrons. The molecule has 5 nitrogen and oxygen atoms in total. The Morgan fingerprint density at radius 1 is 1.31 bits per heavy atom. The van der Waals surface area contributed by atoms with Crippen LogP contribution in [0.3, 0.4) is 0 Å². The summed E-state index contributed by atoms with van der Waals surface area (Å²) in [6.45, 7) is 0.357. The molecular weight excluding hydrogens is 168 g/mol. The maximum atomic E-state index is 5.38. The van der Waals surface area contributed by atoms with Crippen molar-refractivity contribution in [3.8, 4) is 11.6 Å². The van der Waals surface area contributed by atoms with Crippen LogP contribution in [0, 0.1) is 0 Å². The Bertz CT molecular complexity index is 384. The van der Waals surface area contributed by atoms with E-state index in [-0.39, 0.29) is 0 Å². The highest BCUT2D eigenvalue weighted by Crippen LogP contribution is 2.14. The Balaban J connectivity index is 2.36. The summed E-state index contributed by atoms with van der Waals surface area (Å²) >= 11 is 0. The van der Waals surface area contributed by atoms with Gasteiger partial charge < -0.3 is 10.3 Å². The van der Waals surface area contributed by atoms with E-state index >= 15 is 0 Å². The molecule has 0 spiro atoms. The summed E-state index contributed by atoms with van der Waals surface area (Å²) in [5.74, 6) is 1.07. The van der Waals surface area contributed by atoms with Gasteiger partial charge in [-0.25, -0.2) is 9.97 Å². The van der Waals surface area contributed by atoms with E-state index in [2.05, 4.69) is 15.1 Å². The van der Waals surface area contributed by atoms with E-state index in [9.17, 15) is 0 Å². The fraction of sp³-hybridized carbons (Fsp3) is 0.125. The molecule has 0 fully saturated rings. The highest BCUT2D eigenvalue weighted by atomic mass is 16.5. The Morgan fingerprint density at radius 2 is 2.08 bits per heavy atom. The maximum Gasteiger partial charge on any atom is 0.204 e. The van der Waals surface area contributed by atoms with Gasteiger partial charge in [-0.3, -0.25) is 0 Å². The molecular formula is C8H8N4O. The number of aromatic nitrogens is 3. The van der Waals surface area contributed by atoms with Gasteiger partial charge in [0.2, 0.25) is 5.76 Å². The van der Waals surface area contributed by atoms with Gasteiger partial charge in [0, 0.05) is 25.0 Å². The van der Waals surface area contributed by atoms with Gasteiger partial charge in [-0.05, 0) is 6.07 Å². The molecule has 2 N–H and O–H groups in total. The zero-order valence-corrected chi connectivity index (χ0v) is 6.84. The molecule has 13 heavy (non-hydrogen) atoms. The van der Waals surface area contributed by atoms with Crippen molar-refractivity contribution >= 4 is 0 Å². The van der Waals surface area contributed by atoms with Crippen molar-refractivity contribution in [2.24, 2.45) is 5.73 Å².